The number of aromatic nitrogens is 1. The number of nitrogens with zero attached hydrogens (tertiary/aromatic N) is 2. The van der Waals surface area contributed by atoms with E-state index in [1.54, 1.807) is 37.6 Å². The fraction of sp³-hybridized carbons (Fsp3) is 0.391. The molecule has 0 bridgehead atoms. The van der Waals surface area contributed by atoms with Crippen LogP contribution in [-0.2, 0) is 10.0 Å². The molecule has 0 aliphatic carbocycles. The molecule has 1 fully saturated rings. The van der Waals surface area contributed by atoms with Crippen LogP contribution in [0, 0.1) is 0 Å². The molecule has 1 aliphatic heterocycles. The average molecular weight is 428 g/mol. The van der Waals surface area contributed by atoms with Gasteiger partial charge in [0.1, 0.15) is 5.75 Å². The van der Waals surface area contributed by atoms with E-state index < -0.39 is 10.0 Å². The fourth-order valence-corrected chi connectivity index (χ4v) is 5.52. The van der Waals surface area contributed by atoms with Crippen LogP contribution < -0.4 is 10.1 Å². The molecule has 0 radical (unpaired) electrons. The minimum Gasteiger partial charge on any atom is -0.497 e. The highest BCUT2D eigenvalue weighted by Gasteiger charge is 2.22. The van der Waals surface area contributed by atoms with Gasteiger partial charge in [-0.2, -0.15) is 0 Å². The van der Waals surface area contributed by atoms with E-state index in [-0.39, 0.29) is 4.90 Å². The first-order chi connectivity index (χ1) is 14.5. The second kappa shape index (κ2) is 8.70. The summed E-state index contributed by atoms with van der Waals surface area (Å²) in [6, 6.07) is 14.6. The zero-order valence-electron chi connectivity index (χ0n) is 17.5. The predicted octanol–water partition coefficient (Wildman–Crippen LogP) is 4.17. The molecule has 1 aliphatic rings. The summed E-state index contributed by atoms with van der Waals surface area (Å²) < 4.78 is 32.9. The summed E-state index contributed by atoms with van der Waals surface area (Å²) in [5.74, 6) is 0.628. The molecule has 1 aromatic heterocycles. The lowest BCUT2D eigenvalue weighted by Gasteiger charge is -2.32. The topological polar surface area (TPSA) is 63.6 Å². The van der Waals surface area contributed by atoms with Gasteiger partial charge in [-0.15, -0.1) is 0 Å². The number of likely N-dealkylation sites (tertiary alicyclic amines) is 1. The number of anilines is 1. The molecular formula is C23H29N3O3S. The van der Waals surface area contributed by atoms with Gasteiger partial charge in [0.05, 0.1) is 17.5 Å². The van der Waals surface area contributed by atoms with Gasteiger partial charge in [-0.25, -0.2) is 12.4 Å². The largest absolute Gasteiger partial charge is 0.497 e. The summed E-state index contributed by atoms with van der Waals surface area (Å²) in [6.07, 6.45) is 5.02. The third-order valence-electron chi connectivity index (χ3n) is 5.80. The Balaban J connectivity index is 1.59. The van der Waals surface area contributed by atoms with Crippen LogP contribution in [0.25, 0.3) is 10.9 Å². The molecule has 1 N–H and O–H groups in total. The molecule has 30 heavy (non-hydrogen) atoms. The Kier molecular flexibility index (Phi) is 6.01. The number of hydrogen-bond acceptors (Lipinski definition) is 5. The maximum atomic E-state index is 13.2. The first-order valence-corrected chi connectivity index (χ1v) is 12.0. The van der Waals surface area contributed by atoms with E-state index in [9.17, 15) is 8.42 Å². The first kappa shape index (κ1) is 20.8. The van der Waals surface area contributed by atoms with Gasteiger partial charge < -0.3 is 15.0 Å². The molecule has 0 amide bonds. The Morgan fingerprint density at radius 2 is 1.80 bits per heavy atom. The monoisotopic (exact) mass is 427 g/mol. The molecule has 6 nitrogen and oxygen atoms in total. The van der Waals surface area contributed by atoms with E-state index in [4.69, 9.17) is 4.74 Å². The van der Waals surface area contributed by atoms with Gasteiger partial charge in [0.15, 0.2) is 0 Å². The van der Waals surface area contributed by atoms with Crippen LogP contribution in [0.2, 0.25) is 0 Å². The normalized spacial score (nSPS) is 16.1. The molecule has 1 saturated heterocycles. The predicted molar refractivity (Wildman–Crippen MR) is 121 cm³/mol. The highest BCUT2D eigenvalue weighted by atomic mass is 32.2. The zero-order chi connectivity index (χ0) is 21.1. The molecule has 0 unspecified atom stereocenters. The summed E-state index contributed by atoms with van der Waals surface area (Å²) in [7, 11) is -2.12. The van der Waals surface area contributed by atoms with E-state index in [2.05, 4.69) is 17.1 Å². The number of fused-ring (bicyclic) bond motifs is 1. The number of nitrogens with one attached hydrogen (secondary N) is 1. The van der Waals surface area contributed by atoms with Gasteiger partial charge in [-0.1, -0.05) is 13.0 Å². The van der Waals surface area contributed by atoms with Crippen LogP contribution in [0.4, 0.5) is 5.69 Å². The lowest BCUT2D eigenvalue weighted by molar-refractivity contribution is 0.219. The van der Waals surface area contributed by atoms with Gasteiger partial charge in [-0.3, -0.25) is 0 Å². The van der Waals surface area contributed by atoms with Crippen LogP contribution in [0.15, 0.2) is 59.6 Å². The average Bonchev–Trinajstić information content (AvgIpc) is 3.21. The molecular weight excluding hydrogens is 398 g/mol. The SMILES string of the molecule is CCCN1CCC(Nc2cccc3c2ccn3S(=O)(=O)c2ccc(OC)cc2)CC1. The van der Waals surface area contributed by atoms with Crippen LogP contribution >= 0.6 is 0 Å². The lowest BCUT2D eigenvalue weighted by atomic mass is 10.0. The summed E-state index contributed by atoms with van der Waals surface area (Å²) in [5, 5.41) is 4.58. The number of piperidine rings is 1. The summed E-state index contributed by atoms with van der Waals surface area (Å²) in [4.78, 5) is 2.75. The molecule has 3 aromatic rings. The van der Waals surface area contributed by atoms with Crippen molar-refractivity contribution in [2.75, 3.05) is 32.1 Å². The minimum absolute atomic E-state index is 0.238. The summed E-state index contributed by atoms with van der Waals surface area (Å²) in [5.41, 5.74) is 1.67. The number of benzene rings is 2. The number of methoxy groups -OCH3 is 1. The second-order valence-corrected chi connectivity index (χ2v) is 9.61. The second-order valence-electron chi connectivity index (χ2n) is 7.79. The fourth-order valence-electron chi connectivity index (χ4n) is 4.18. The Morgan fingerprint density at radius 1 is 1.07 bits per heavy atom. The van der Waals surface area contributed by atoms with E-state index in [0.717, 1.165) is 43.5 Å². The van der Waals surface area contributed by atoms with Crippen molar-refractivity contribution in [1.29, 1.82) is 0 Å². The lowest BCUT2D eigenvalue weighted by Crippen LogP contribution is -2.39. The van der Waals surface area contributed by atoms with Gasteiger partial charge >= 0.3 is 0 Å². The van der Waals surface area contributed by atoms with Gasteiger partial charge in [0, 0.05) is 36.4 Å². The summed E-state index contributed by atoms with van der Waals surface area (Å²) >= 11 is 0. The number of rotatable bonds is 7. The van der Waals surface area contributed by atoms with Gasteiger partial charge in [-0.05, 0) is 68.3 Å². The molecule has 160 valence electrons. The van der Waals surface area contributed by atoms with Crippen LogP contribution in [0.1, 0.15) is 26.2 Å². The molecule has 7 heteroatoms. The number of ether oxygens (including phenoxy) is 1. The Morgan fingerprint density at radius 3 is 2.47 bits per heavy atom. The van der Waals surface area contributed by atoms with Gasteiger partial charge in [0.25, 0.3) is 10.0 Å². The highest BCUT2D eigenvalue weighted by molar-refractivity contribution is 7.90. The van der Waals surface area contributed by atoms with E-state index in [0.29, 0.717) is 17.3 Å². The van der Waals surface area contributed by atoms with Gasteiger partial charge in [0.2, 0.25) is 0 Å². The zero-order valence-corrected chi connectivity index (χ0v) is 18.4. The molecule has 0 saturated carbocycles. The van der Waals surface area contributed by atoms with E-state index in [1.807, 2.05) is 24.3 Å². The number of hydrogen-bond donors (Lipinski definition) is 1. The molecule has 2 heterocycles. The molecule has 0 atom stereocenters. The quantitative estimate of drug-likeness (QED) is 0.613. The standard InChI is InChI=1S/C23H29N3O3S/c1-3-14-25-15-11-18(12-16-25)24-22-5-4-6-23-21(22)13-17-26(23)30(27,28)20-9-7-19(29-2)8-10-20/h4-10,13,17-18,24H,3,11-12,14-16H2,1-2H3. The molecule has 0 spiro atoms. The van der Waals surface area contributed by atoms with Crippen LogP contribution in [0.5, 0.6) is 5.75 Å². The van der Waals surface area contributed by atoms with Crippen molar-refractivity contribution in [3.05, 3.63) is 54.7 Å². The van der Waals surface area contributed by atoms with Crippen LogP contribution in [-0.4, -0.2) is 50.1 Å². The maximum absolute atomic E-state index is 13.2. The smallest absolute Gasteiger partial charge is 0.268 e. The Hall–Kier alpha value is -2.51. The van der Waals surface area contributed by atoms with Crippen LogP contribution in [0.3, 0.4) is 0 Å². The molecule has 2 aromatic carbocycles. The van der Waals surface area contributed by atoms with Crippen molar-refractivity contribution in [3.63, 3.8) is 0 Å². The van der Waals surface area contributed by atoms with Crippen molar-refractivity contribution in [1.82, 2.24) is 8.87 Å². The third kappa shape index (κ3) is 4.04. The third-order valence-corrected chi connectivity index (χ3v) is 7.50. The summed E-state index contributed by atoms with van der Waals surface area (Å²) in [6.45, 7) is 5.59. The van der Waals surface area contributed by atoms with Crippen molar-refractivity contribution in [3.8, 4) is 5.75 Å². The maximum Gasteiger partial charge on any atom is 0.268 e. The van der Waals surface area contributed by atoms with E-state index >= 15 is 0 Å². The van der Waals surface area contributed by atoms with E-state index in [1.165, 1.54) is 10.4 Å². The Labute approximate surface area is 178 Å². The van der Waals surface area contributed by atoms with Crippen molar-refractivity contribution >= 4 is 26.6 Å². The van der Waals surface area contributed by atoms with Crippen molar-refractivity contribution < 1.29 is 13.2 Å². The first-order valence-electron chi connectivity index (χ1n) is 10.5. The highest BCUT2D eigenvalue weighted by Crippen LogP contribution is 2.29. The van der Waals surface area contributed by atoms with Crippen molar-refractivity contribution in [2.45, 2.75) is 37.1 Å². The minimum atomic E-state index is -3.68. The Bertz CT molecular complexity index is 1100. The molecule has 4 rings (SSSR count). The van der Waals surface area contributed by atoms with Crippen molar-refractivity contribution in [2.24, 2.45) is 0 Å².